The number of hydrogen-bond donors (Lipinski definition) is 0. The average molecular weight is 395 g/mol. The first kappa shape index (κ1) is 21.5. The maximum atomic E-state index is 2.46. The van der Waals surface area contributed by atoms with Crippen molar-refractivity contribution in [3.05, 3.63) is 34.9 Å². The molecule has 0 N–H and O–H groups in total. The summed E-state index contributed by atoms with van der Waals surface area (Å²) in [5.41, 5.74) is 4.46. The van der Waals surface area contributed by atoms with Gasteiger partial charge >= 0.3 is 0 Å². The molecule has 0 amide bonds. The van der Waals surface area contributed by atoms with E-state index in [4.69, 9.17) is 0 Å². The van der Waals surface area contributed by atoms with Crippen molar-refractivity contribution in [2.24, 2.45) is 35.5 Å². The summed E-state index contributed by atoms with van der Waals surface area (Å²) in [6.07, 6.45) is 21.2. The first-order valence-corrected chi connectivity index (χ1v) is 13.1. The summed E-state index contributed by atoms with van der Waals surface area (Å²) >= 11 is 0. The second kappa shape index (κ2) is 10.0. The molecule has 1 aromatic rings. The van der Waals surface area contributed by atoms with Crippen LogP contribution in [0.15, 0.2) is 18.2 Å². The van der Waals surface area contributed by atoms with Crippen molar-refractivity contribution in [2.75, 3.05) is 0 Å². The summed E-state index contributed by atoms with van der Waals surface area (Å²) in [6.45, 7) is 6.96. The third-order valence-electron chi connectivity index (χ3n) is 9.06. The molecule has 0 atom stereocenters. The van der Waals surface area contributed by atoms with Crippen molar-refractivity contribution in [3.8, 4) is 0 Å². The van der Waals surface area contributed by atoms with Crippen molar-refractivity contribution >= 4 is 0 Å². The van der Waals surface area contributed by atoms with E-state index in [0.29, 0.717) is 0 Å². The van der Waals surface area contributed by atoms with E-state index in [1.54, 1.807) is 50.5 Å². The summed E-state index contributed by atoms with van der Waals surface area (Å²) < 4.78 is 0. The fourth-order valence-corrected chi connectivity index (χ4v) is 7.32. The van der Waals surface area contributed by atoms with Crippen LogP contribution in [0.1, 0.15) is 107 Å². The molecule has 162 valence electrons. The molecule has 0 radical (unpaired) electrons. The van der Waals surface area contributed by atoms with Crippen LogP contribution in [-0.2, 0) is 6.42 Å². The molecule has 4 rings (SSSR count). The average Bonchev–Trinajstić information content (AvgIpc) is 2.70. The zero-order valence-electron chi connectivity index (χ0n) is 19.6. The molecule has 3 aliphatic rings. The van der Waals surface area contributed by atoms with Crippen LogP contribution < -0.4 is 0 Å². The first-order valence-electron chi connectivity index (χ1n) is 13.1. The van der Waals surface area contributed by atoms with E-state index in [0.717, 1.165) is 35.5 Å². The molecular weight excluding hydrogens is 348 g/mol. The summed E-state index contributed by atoms with van der Waals surface area (Å²) in [5.74, 6) is 6.24. The van der Waals surface area contributed by atoms with Gasteiger partial charge in [0.15, 0.2) is 0 Å². The van der Waals surface area contributed by atoms with Crippen LogP contribution >= 0.6 is 0 Å². The molecule has 1 aromatic carbocycles. The standard InChI is InChI=1S/C29H46/c1-21-4-12-28(13-5-21)29-14-10-26(11-15-29)19-24-6-8-25(9-7-24)20-27-17-22(2)16-23(3)18-27/h16-18,21,24-26,28-29H,4-15,19-20H2,1-3H3. The first-order chi connectivity index (χ1) is 14.0. The highest BCUT2D eigenvalue weighted by Crippen LogP contribution is 2.44. The lowest BCUT2D eigenvalue weighted by molar-refractivity contribution is 0.133. The Morgan fingerprint density at radius 2 is 1.03 bits per heavy atom. The molecule has 0 aromatic heterocycles. The molecule has 0 spiro atoms. The number of benzene rings is 1. The monoisotopic (exact) mass is 394 g/mol. The number of aryl methyl sites for hydroxylation is 2. The second-order valence-electron chi connectivity index (χ2n) is 11.6. The van der Waals surface area contributed by atoms with Gasteiger partial charge in [-0.15, -0.1) is 0 Å². The molecule has 3 fully saturated rings. The van der Waals surface area contributed by atoms with Crippen molar-refractivity contribution in [3.63, 3.8) is 0 Å². The topological polar surface area (TPSA) is 0 Å². The van der Waals surface area contributed by atoms with Gasteiger partial charge in [-0.1, -0.05) is 74.8 Å². The van der Waals surface area contributed by atoms with Crippen LogP contribution in [0.25, 0.3) is 0 Å². The lowest BCUT2D eigenvalue weighted by atomic mass is 9.67. The third-order valence-corrected chi connectivity index (χ3v) is 9.06. The Kier molecular flexibility index (Phi) is 7.41. The summed E-state index contributed by atoms with van der Waals surface area (Å²) in [7, 11) is 0. The SMILES string of the molecule is Cc1cc(C)cc(CC2CCC(CC3CCC(C4CCC(C)CC4)CC3)CC2)c1. The maximum Gasteiger partial charge on any atom is -0.0250 e. The van der Waals surface area contributed by atoms with Gasteiger partial charge in [0.25, 0.3) is 0 Å². The Morgan fingerprint density at radius 1 is 0.586 bits per heavy atom. The fraction of sp³-hybridized carbons (Fsp3) is 0.793. The Hall–Kier alpha value is -0.780. The lowest BCUT2D eigenvalue weighted by Gasteiger charge is -2.38. The van der Waals surface area contributed by atoms with Gasteiger partial charge < -0.3 is 0 Å². The Morgan fingerprint density at radius 3 is 1.59 bits per heavy atom. The van der Waals surface area contributed by atoms with Gasteiger partial charge in [0.2, 0.25) is 0 Å². The maximum absolute atomic E-state index is 2.46. The fourth-order valence-electron chi connectivity index (χ4n) is 7.32. The molecule has 0 nitrogen and oxygen atoms in total. The van der Waals surface area contributed by atoms with Gasteiger partial charge in [-0.25, -0.2) is 0 Å². The zero-order valence-corrected chi connectivity index (χ0v) is 19.6. The lowest BCUT2D eigenvalue weighted by Crippen LogP contribution is -2.26. The number of hydrogen-bond acceptors (Lipinski definition) is 0. The van der Waals surface area contributed by atoms with E-state index in [1.807, 2.05) is 0 Å². The summed E-state index contributed by atoms with van der Waals surface area (Å²) in [4.78, 5) is 0. The molecule has 0 aliphatic heterocycles. The van der Waals surface area contributed by atoms with E-state index >= 15 is 0 Å². The molecule has 0 unspecified atom stereocenters. The minimum absolute atomic E-state index is 0.942. The predicted octanol–water partition coefficient (Wildman–Crippen LogP) is 8.68. The van der Waals surface area contributed by atoms with Crippen molar-refractivity contribution in [1.29, 1.82) is 0 Å². The summed E-state index contributed by atoms with van der Waals surface area (Å²) in [5, 5.41) is 0. The predicted molar refractivity (Wildman–Crippen MR) is 126 cm³/mol. The highest BCUT2D eigenvalue weighted by Gasteiger charge is 2.31. The minimum Gasteiger partial charge on any atom is -0.0625 e. The molecule has 0 saturated heterocycles. The zero-order chi connectivity index (χ0) is 20.2. The highest BCUT2D eigenvalue weighted by atomic mass is 14.4. The Bertz CT molecular complexity index is 599. The highest BCUT2D eigenvalue weighted by molar-refractivity contribution is 5.28. The molecule has 3 saturated carbocycles. The summed E-state index contributed by atoms with van der Waals surface area (Å²) in [6, 6.07) is 7.15. The van der Waals surface area contributed by atoms with E-state index < -0.39 is 0 Å². The number of rotatable bonds is 5. The normalized spacial score (nSPS) is 36.1. The molecule has 0 heterocycles. The van der Waals surface area contributed by atoms with Gasteiger partial charge in [0.05, 0.1) is 0 Å². The molecule has 0 bridgehead atoms. The van der Waals surface area contributed by atoms with Gasteiger partial charge in [-0.3, -0.25) is 0 Å². The van der Waals surface area contributed by atoms with Crippen LogP contribution in [-0.4, -0.2) is 0 Å². The van der Waals surface area contributed by atoms with E-state index in [2.05, 4.69) is 39.0 Å². The Labute approximate surface area is 181 Å². The van der Waals surface area contributed by atoms with E-state index in [1.165, 1.54) is 56.1 Å². The minimum atomic E-state index is 0.942. The molecule has 29 heavy (non-hydrogen) atoms. The van der Waals surface area contributed by atoms with Gasteiger partial charge in [-0.2, -0.15) is 0 Å². The van der Waals surface area contributed by atoms with Crippen LogP contribution in [0.5, 0.6) is 0 Å². The van der Waals surface area contributed by atoms with Gasteiger partial charge in [-0.05, 0) is 106 Å². The van der Waals surface area contributed by atoms with Gasteiger partial charge in [0.1, 0.15) is 0 Å². The second-order valence-corrected chi connectivity index (χ2v) is 11.6. The largest absolute Gasteiger partial charge is 0.0625 e. The quantitative estimate of drug-likeness (QED) is 0.468. The third kappa shape index (κ3) is 6.11. The van der Waals surface area contributed by atoms with E-state index in [9.17, 15) is 0 Å². The van der Waals surface area contributed by atoms with Crippen LogP contribution in [0.2, 0.25) is 0 Å². The molecule has 0 heteroatoms. The van der Waals surface area contributed by atoms with Crippen LogP contribution in [0.3, 0.4) is 0 Å². The van der Waals surface area contributed by atoms with Crippen molar-refractivity contribution in [1.82, 2.24) is 0 Å². The molecular formula is C29H46. The van der Waals surface area contributed by atoms with Crippen molar-refractivity contribution < 1.29 is 0 Å². The van der Waals surface area contributed by atoms with Crippen molar-refractivity contribution in [2.45, 2.75) is 111 Å². The smallest absolute Gasteiger partial charge is 0.0250 e. The van der Waals surface area contributed by atoms with Gasteiger partial charge in [0, 0.05) is 0 Å². The molecule has 3 aliphatic carbocycles. The van der Waals surface area contributed by atoms with Crippen LogP contribution in [0, 0.1) is 49.4 Å². The van der Waals surface area contributed by atoms with E-state index in [-0.39, 0.29) is 0 Å². The Balaban J connectivity index is 1.16. The van der Waals surface area contributed by atoms with Crippen LogP contribution in [0.4, 0.5) is 0 Å².